The molecule has 0 aromatic carbocycles. The molecule has 27 heavy (non-hydrogen) atoms. The number of ether oxygens (including phenoxy) is 1. The molecule has 1 aromatic heterocycles. The predicted molar refractivity (Wildman–Crippen MR) is 104 cm³/mol. The first-order valence-electron chi connectivity index (χ1n) is 10.5. The van der Waals surface area contributed by atoms with Gasteiger partial charge in [0, 0.05) is 32.4 Å². The topological polar surface area (TPSA) is 73.5 Å². The van der Waals surface area contributed by atoms with E-state index in [1.54, 1.807) is 4.90 Å². The molecule has 2 heterocycles. The maximum Gasteiger partial charge on any atom is 0.317 e. The molecule has 2 amide bonds. The number of rotatable bonds is 5. The van der Waals surface area contributed by atoms with Crippen molar-refractivity contribution in [2.45, 2.75) is 63.5 Å². The van der Waals surface area contributed by atoms with E-state index in [0.717, 1.165) is 64.2 Å². The first kappa shape index (κ1) is 18.7. The van der Waals surface area contributed by atoms with Gasteiger partial charge in [-0.2, -0.15) is 5.10 Å². The lowest BCUT2D eigenvalue weighted by atomic mass is 9.81. The molecule has 7 heteroatoms. The minimum absolute atomic E-state index is 0.0277. The van der Waals surface area contributed by atoms with Crippen molar-refractivity contribution in [1.82, 2.24) is 25.3 Å². The number of nitrogens with zero attached hydrogens (tertiary/aromatic N) is 3. The number of nitrogens with one attached hydrogen (secondary N) is 2. The largest absolute Gasteiger partial charge is 0.379 e. The molecule has 3 aliphatic rings. The average molecular weight is 376 g/mol. The van der Waals surface area contributed by atoms with Crippen molar-refractivity contribution in [3.8, 4) is 0 Å². The fourth-order valence-electron chi connectivity index (χ4n) is 4.88. The highest BCUT2D eigenvalue weighted by Gasteiger charge is 2.36. The lowest BCUT2D eigenvalue weighted by Crippen LogP contribution is -2.60. The Morgan fingerprint density at radius 1 is 1.22 bits per heavy atom. The summed E-state index contributed by atoms with van der Waals surface area (Å²) < 4.78 is 5.49. The van der Waals surface area contributed by atoms with Gasteiger partial charge < -0.3 is 15.0 Å². The maximum absolute atomic E-state index is 13.0. The summed E-state index contributed by atoms with van der Waals surface area (Å²) in [4.78, 5) is 17.3. The summed E-state index contributed by atoms with van der Waals surface area (Å²) in [6.45, 7) is 5.04. The maximum atomic E-state index is 13.0. The highest BCUT2D eigenvalue weighted by molar-refractivity contribution is 5.75. The number of aromatic amines is 1. The van der Waals surface area contributed by atoms with Gasteiger partial charge in [0.1, 0.15) is 0 Å². The zero-order valence-corrected chi connectivity index (χ0v) is 16.6. The fraction of sp³-hybridized carbons (Fsp3) is 0.800. The summed E-state index contributed by atoms with van der Waals surface area (Å²) in [5.41, 5.74) is 3.52. The van der Waals surface area contributed by atoms with E-state index in [1.807, 2.05) is 7.05 Å². The molecule has 0 atom stereocenters. The van der Waals surface area contributed by atoms with Crippen LogP contribution in [-0.2, 0) is 24.1 Å². The molecule has 4 rings (SSSR count). The van der Waals surface area contributed by atoms with E-state index in [9.17, 15) is 4.79 Å². The highest BCUT2D eigenvalue weighted by atomic mass is 16.5. The molecule has 2 fully saturated rings. The van der Waals surface area contributed by atoms with E-state index in [4.69, 9.17) is 4.74 Å². The van der Waals surface area contributed by atoms with E-state index in [1.165, 1.54) is 36.9 Å². The quantitative estimate of drug-likeness (QED) is 0.826. The molecule has 2 N–H and O–H groups in total. The number of aromatic nitrogens is 2. The summed E-state index contributed by atoms with van der Waals surface area (Å²) in [6, 6.07) is 0.0277. The van der Waals surface area contributed by atoms with Crippen molar-refractivity contribution in [2.24, 2.45) is 0 Å². The molecule has 0 spiro atoms. The first-order valence-corrected chi connectivity index (χ1v) is 10.5. The van der Waals surface area contributed by atoms with Crippen LogP contribution in [0.25, 0.3) is 0 Å². The lowest BCUT2D eigenvalue weighted by molar-refractivity contribution is 0.0191. The SMILES string of the molecule is CN(Cc1n[nH]c2c1CCC2)C(=O)NC1(CN2CCOCC2)CCCCC1. The van der Waals surface area contributed by atoms with Crippen molar-refractivity contribution in [2.75, 3.05) is 39.9 Å². The number of carbonyl (C=O) groups is 1. The van der Waals surface area contributed by atoms with Gasteiger partial charge in [0.25, 0.3) is 0 Å². The van der Waals surface area contributed by atoms with Crippen LogP contribution >= 0.6 is 0 Å². The van der Waals surface area contributed by atoms with Gasteiger partial charge in [-0.1, -0.05) is 19.3 Å². The highest BCUT2D eigenvalue weighted by Crippen LogP contribution is 2.30. The number of urea groups is 1. The summed E-state index contributed by atoms with van der Waals surface area (Å²) in [5.74, 6) is 0. The van der Waals surface area contributed by atoms with Gasteiger partial charge in [0.05, 0.1) is 31.0 Å². The number of H-pyrrole nitrogens is 1. The van der Waals surface area contributed by atoms with E-state index >= 15 is 0 Å². The molecule has 0 radical (unpaired) electrons. The van der Waals surface area contributed by atoms with Crippen LogP contribution in [0.3, 0.4) is 0 Å². The van der Waals surface area contributed by atoms with Crippen molar-refractivity contribution < 1.29 is 9.53 Å². The van der Waals surface area contributed by atoms with Crippen LogP contribution in [0.5, 0.6) is 0 Å². The van der Waals surface area contributed by atoms with Gasteiger partial charge in [0.15, 0.2) is 0 Å². The molecule has 7 nitrogen and oxygen atoms in total. The third-order valence-electron chi connectivity index (χ3n) is 6.44. The van der Waals surface area contributed by atoms with Crippen LogP contribution in [0, 0.1) is 0 Å². The van der Waals surface area contributed by atoms with Crippen LogP contribution in [0.15, 0.2) is 0 Å². The Morgan fingerprint density at radius 2 is 2.00 bits per heavy atom. The fourth-order valence-corrected chi connectivity index (χ4v) is 4.88. The van der Waals surface area contributed by atoms with Crippen molar-refractivity contribution in [3.05, 3.63) is 17.0 Å². The van der Waals surface area contributed by atoms with Crippen LogP contribution in [0.1, 0.15) is 55.5 Å². The monoisotopic (exact) mass is 375 g/mol. The van der Waals surface area contributed by atoms with Crippen molar-refractivity contribution >= 4 is 6.03 Å². The smallest absolute Gasteiger partial charge is 0.317 e. The summed E-state index contributed by atoms with van der Waals surface area (Å²) >= 11 is 0. The van der Waals surface area contributed by atoms with Crippen molar-refractivity contribution in [1.29, 1.82) is 0 Å². The van der Waals surface area contributed by atoms with Gasteiger partial charge in [-0.3, -0.25) is 10.00 Å². The summed E-state index contributed by atoms with van der Waals surface area (Å²) in [6.07, 6.45) is 9.16. The van der Waals surface area contributed by atoms with Gasteiger partial charge in [-0.15, -0.1) is 0 Å². The van der Waals surface area contributed by atoms with Crippen LogP contribution in [0.2, 0.25) is 0 Å². The normalized spacial score (nSPS) is 22.4. The van der Waals surface area contributed by atoms with Crippen LogP contribution in [-0.4, -0.2) is 71.5 Å². The molecule has 1 saturated heterocycles. The van der Waals surface area contributed by atoms with E-state index in [2.05, 4.69) is 20.4 Å². The predicted octanol–water partition coefficient (Wildman–Crippen LogP) is 2.07. The second-order valence-electron chi connectivity index (χ2n) is 8.50. The van der Waals surface area contributed by atoms with E-state index in [-0.39, 0.29) is 11.6 Å². The van der Waals surface area contributed by atoms with E-state index in [0.29, 0.717) is 6.54 Å². The Labute approximate surface area is 161 Å². The molecule has 1 aliphatic heterocycles. The number of hydrogen-bond acceptors (Lipinski definition) is 4. The number of hydrogen-bond donors (Lipinski definition) is 2. The minimum Gasteiger partial charge on any atom is -0.379 e. The van der Waals surface area contributed by atoms with Crippen molar-refractivity contribution in [3.63, 3.8) is 0 Å². The van der Waals surface area contributed by atoms with Crippen LogP contribution in [0.4, 0.5) is 4.79 Å². The molecule has 1 aromatic rings. The molecule has 2 aliphatic carbocycles. The molecule has 0 unspecified atom stereocenters. The van der Waals surface area contributed by atoms with Crippen LogP contribution < -0.4 is 5.32 Å². The third-order valence-corrected chi connectivity index (χ3v) is 6.44. The minimum atomic E-state index is -0.103. The Bertz CT molecular complexity index is 647. The zero-order valence-electron chi connectivity index (χ0n) is 16.6. The Morgan fingerprint density at radius 3 is 2.78 bits per heavy atom. The molecule has 1 saturated carbocycles. The average Bonchev–Trinajstić information content (AvgIpc) is 3.28. The zero-order chi connectivity index (χ0) is 18.7. The number of morpholine rings is 1. The molecule has 0 bridgehead atoms. The number of aryl methyl sites for hydroxylation is 1. The number of fused-ring (bicyclic) bond motifs is 1. The van der Waals surface area contributed by atoms with E-state index < -0.39 is 0 Å². The second-order valence-corrected chi connectivity index (χ2v) is 8.50. The van der Waals surface area contributed by atoms with Gasteiger partial charge in [-0.25, -0.2) is 4.79 Å². The lowest BCUT2D eigenvalue weighted by Gasteiger charge is -2.43. The number of amides is 2. The van der Waals surface area contributed by atoms with Gasteiger partial charge >= 0.3 is 6.03 Å². The summed E-state index contributed by atoms with van der Waals surface area (Å²) in [5, 5.41) is 11.0. The second kappa shape index (κ2) is 8.19. The van der Waals surface area contributed by atoms with Gasteiger partial charge in [-0.05, 0) is 37.7 Å². The molecular formula is C20H33N5O2. The Kier molecular flexibility index (Phi) is 5.68. The standard InChI is InChI=1S/C20H33N5O2/c1-24(14-18-16-6-5-7-17(16)22-23-18)19(26)21-20(8-3-2-4-9-20)15-25-10-12-27-13-11-25/h2-15H2,1H3,(H,21,26)(H,22,23). The third kappa shape index (κ3) is 4.29. The number of carbonyl (C=O) groups excluding carboxylic acids is 1. The summed E-state index contributed by atoms with van der Waals surface area (Å²) in [7, 11) is 1.89. The Balaban J connectivity index is 1.39. The van der Waals surface area contributed by atoms with Gasteiger partial charge in [0.2, 0.25) is 0 Å². The molecular weight excluding hydrogens is 342 g/mol. The molecule has 150 valence electrons. The first-order chi connectivity index (χ1) is 13.2. The Hall–Kier alpha value is -1.60.